The molecule has 2 atom stereocenters. The molecule has 0 bridgehead atoms. The summed E-state index contributed by atoms with van der Waals surface area (Å²) in [6.45, 7) is 4.58. The second-order valence-corrected chi connectivity index (χ2v) is 5.49. The van der Waals surface area contributed by atoms with E-state index in [1.54, 1.807) is 6.07 Å². The summed E-state index contributed by atoms with van der Waals surface area (Å²) in [6.07, 6.45) is 4.92. The van der Waals surface area contributed by atoms with E-state index in [9.17, 15) is 4.39 Å². The van der Waals surface area contributed by atoms with Gasteiger partial charge in [-0.2, -0.15) is 0 Å². The van der Waals surface area contributed by atoms with E-state index in [2.05, 4.69) is 19.2 Å². The minimum absolute atomic E-state index is 0.140. The molecule has 2 heteroatoms. The number of nitrogens with one attached hydrogen (secondary N) is 1. The molecule has 1 fully saturated rings. The zero-order chi connectivity index (χ0) is 12.3. The van der Waals surface area contributed by atoms with Crippen LogP contribution in [-0.2, 0) is 0 Å². The molecule has 0 aliphatic heterocycles. The molecule has 1 saturated carbocycles. The standard InChI is InChI=1S/C15H22FN/c1-11(2)12-6-5-7-13(10-12)17-15-9-4-3-8-14(15)16/h3-4,8-9,11-13,17H,5-7,10H2,1-2H3. The predicted octanol–water partition coefficient (Wildman–Crippen LogP) is 4.45. The Morgan fingerprint density at radius 1 is 1.24 bits per heavy atom. The number of hydrogen-bond donors (Lipinski definition) is 1. The second-order valence-electron chi connectivity index (χ2n) is 5.49. The Morgan fingerprint density at radius 3 is 2.71 bits per heavy atom. The molecule has 0 radical (unpaired) electrons. The van der Waals surface area contributed by atoms with Gasteiger partial charge in [0.15, 0.2) is 0 Å². The lowest BCUT2D eigenvalue weighted by Gasteiger charge is -2.32. The van der Waals surface area contributed by atoms with Crippen molar-refractivity contribution in [1.82, 2.24) is 0 Å². The number of benzene rings is 1. The molecular formula is C15H22FN. The molecule has 2 unspecified atom stereocenters. The largest absolute Gasteiger partial charge is 0.380 e. The van der Waals surface area contributed by atoms with Crippen molar-refractivity contribution in [3.63, 3.8) is 0 Å². The Bertz CT molecular complexity index is 362. The van der Waals surface area contributed by atoms with Crippen molar-refractivity contribution in [3.8, 4) is 0 Å². The van der Waals surface area contributed by atoms with E-state index >= 15 is 0 Å². The van der Waals surface area contributed by atoms with Gasteiger partial charge in [0.1, 0.15) is 5.82 Å². The van der Waals surface area contributed by atoms with Crippen LogP contribution in [0.25, 0.3) is 0 Å². The van der Waals surface area contributed by atoms with Gasteiger partial charge in [0.05, 0.1) is 5.69 Å². The lowest BCUT2D eigenvalue weighted by Crippen LogP contribution is -2.29. The van der Waals surface area contributed by atoms with Gasteiger partial charge < -0.3 is 5.32 Å². The summed E-state index contributed by atoms with van der Waals surface area (Å²) in [5, 5.41) is 3.36. The summed E-state index contributed by atoms with van der Waals surface area (Å²) >= 11 is 0. The maximum absolute atomic E-state index is 13.5. The van der Waals surface area contributed by atoms with Crippen LogP contribution in [0.15, 0.2) is 24.3 Å². The van der Waals surface area contributed by atoms with E-state index < -0.39 is 0 Å². The minimum atomic E-state index is -0.140. The molecule has 0 heterocycles. The summed E-state index contributed by atoms with van der Waals surface area (Å²) in [5.74, 6) is 1.38. The normalized spacial score (nSPS) is 24.9. The third kappa shape index (κ3) is 3.21. The van der Waals surface area contributed by atoms with Crippen molar-refractivity contribution in [2.45, 2.75) is 45.6 Å². The maximum atomic E-state index is 13.5. The van der Waals surface area contributed by atoms with Crippen LogP contribution in [0.2, 0.25) is 0 Å². The molecule has 0 saturated heterocycles. The molecule has 0 aromatic heterocycles. The fourth-order valence-corrected chi connectivity index (χ4v) is 2.76. The van der Waals surface area contributed by atoms with Crippen molar-refractivity contribution in [1.29, 1.82) is 0 Å². The number of rotatable bonds is 3. The molecule has 1 aliphatic carbocycles. The molecule has 0 amide bonds. The Labute approximate surface area is 103 Å². The van der Waals surface area contributed by atoms with Crippen molar-refractivity contribution >= 4 is 5.69 Å². The van der Waals surface area contributed by atoms with Crippen LogP contribution in [-0.4, -0.2) is 6.04 Å². The third-order valence-corrected chi connectivity index (χ3v) is 3.89. The molecule has 1 N–H and O–H groups in total. The molecule has 1 aromatic carbocycles. The van der Waals surface area contributed by atoms with Gasteiger partial charge in [-0.1, -0.05) is 38.8 Å². The second kappa shape index (κ2) is 5.52. The van der Waals surface area contributed by atoms with E-state index in [1.807, 2.05) is 12.1 Å². The summed E-state index contributed by atoms with van der Waals surface area (Å²) in [5.41, 5.74) is 0.655. The Hall–Kier alpha value is -1.05. The first-order valence-electron chi connectivity index (χ1n) is 6.68. The van der Waals surface area contributed by atoms with Gasteiger partial charge in [0.25, 0.3) is 0 Å². The molecule has 1 aromatic rings. The van der Waals surface area contributed by atoms with E-state index in [0.29, 0.717) is 11.7 Å². The van der Waals surface area contributed by atoms with Crippen LogP contribution < -0.4 is 5.32 Å². The molecular weight excluding hydrogens is 213 g/mol. The number of anilines is 1. The first-order valence-corrected chi connectivity index (χ1v) is 6.68. The number of halogens is 1. The van der Waals surface area contributed by atoms with Gasteiger partial charge in [0.2, 0.25) is 0 Å². The van der Waals surface area contributed by atoms with Crippen LogP contribution >= 0.6 is 0 Å². The van der Waals surface area contributed by atoms with Crippen molar-refractivity contribution in [2.24, 2.45) is 11.8 Å². The third-order valence-electron chi connectivity index (χ3n) is 3.89. The zero-order valence-electron chi connectivity index (χ0n) is 10.7. The van der Waals surface area contributed by atoms with E-state index in [-0.39, 0.29) is 5.82 Å². The van der Waals surface area contributed by atoms with Gasteiger partial charge in [0, 0.05) is 6.04 Å². The van der Waals surface area contributed by atoms with E-state index in [1.165, 1.54) is 25.3 Å². The van der Waals surface area contributed by atoms with Crippen molar-refractivity contribution < 1.29 is 4.39 Å². The van der Waals surface area contributed by atoms with Crippen LogP contribution in [0.5, 0.6) is 0 Å². The van der Waals surface area contributed by atoms with E-state index in [4.69, 9.17) is 0 Å². The first kappa shape index (κ1) is 12.4. The zero-order valence-corrected chi connectivity index (χ0v) is 10.7. The average Bonchev–Trinajstić information content (AvgIpc) is 2.32. The topological polar surface area (TPSA) is 12.0 Å². The van der Waals surface area contributed by atoms with Gasteiger partial charge >= 0.3 is 0 Å². The molecule has 1 aliphatic rings. The summed E-state index contributed by atoms with van der Waals surface area (Å²) in [6, 6.07) is 7.40. The molecule has 0 spiro atoms. The lowest BCUT2D eigenvalue weighted by atomic mass is 9.79. The number of hydrogen-bond acceptors (Lipinski definition) is 1. The van der Waals surface area contributed by atoms with E-state index in [0.717, 1.165) is 18.3 Å². The van der Waals surface area contributed by atoms with Crippen molar-refractivity contribution in [3.05, 3.63) is 30.1 Å². The molecule has 94 valence electrons. The highest BCUT2D eigenvalue weighted by atomic mass is 19.1. The molecule has 17 heavy (non-hydrogen) atoms. The SMILES string of the molecule is CC(C)C1CCCC(Nc2ccccc2F)C1. The minimum Gasteiger partial charge on any atom is -0.380 e. The predicted molar refractivity (Wildman–Crippen MR) is 70.6 cm³/mol. The highest BCUT2D eigenvalue weighted by Gasteiger charge is 2.24. The van der Waals surface area contributed by atoms with Crippen LogP contribution in [0.4, 0.5) is 10.1 Å². The highest BCUT2D eigenvalue weighted by Crippen LogP contribution is 2.31. The van der Waals surface area contributed by atoms with Gasteiger partial charge in [-0.3, -0.25) is 0 Å². The van der Waals surface area contributed by atoms with Crippen LogP contribution in [0.3, 0.4) is 0 Å². The quantitative estimate of drug-likeness (QED) is 0.816. The first-order chi connectivity index (χ1) is 8.16. The monoisotopic (exact) mass is 235 g/mol. The van der Waals surface area contributed by atoms with Gasteiger partial charge in [-0.05, 0) is 36.8 Å². The average molecular weight is 235 g/mol. The van der Waals surface area contributed by atoms with Gasteiger partial charge in [-0.15, -0.1) is 0 Å². The van der Waals surface area contributed by atoms with Gasteiger partial charge in [-0.25, -0.2) is 4.39 Å². The Balaban J connectivity index is 1.97. The summed E-state index contributed by atoms with van der Waals surface area (Å²) in [7, 11) is 0. The van der Waals surface area contributed by atoms with Crippen LogP contribution in [0, 0.1) is 17.7 Å². The molecule has 2 rings (SSSR count). The smallest absolute Gasteiger partial charge is 0.146 e. The fourth-order valence-electron chi connectivity index (χ4n) is 2.76. The van der Waals surface area contributed by atoms with Crippen molar-refractivity contribution in [2.75, 3.05) is 5.32 Å². The fraction of sp³-hybridized carbons (Fsp3) is 0.600. The Morgan fingerprint density at radius 2 is 2.00 bits per heavy atom. The van der Waals surface area contributed by atoms with Crippen LogP contribution in [0.1, 0.15) is 39.5 Å². The lowest BCUT2D eigenvalue weighted by molar-refractivity contribution is 0.264. The summed E-state index contributed by atoms with van der Waals surface area (Å²) in [4.78, 5) is 0. The maximum Gasteiger partial charge on any atom is 0.146 e. The summed E-state index contributed by atoms with van der Waals surface area (Å²) < 4.78 is 13.5. The highest BCUT2D eigenvalue weighted by molar-refractivity contribution is 5.45. The number of para-hydroxylation sites is 1. The Kier molecular flexibility index (Phi) is 4.03. The molecule has 1 nitrogen and oxygen atoms in total.